The number of nitrogens with one attached hydrogen (secondary N) is 3. The van der Waals surface area contributed by atoms with Gasteiger partial charge in [-0.15, -0.1) is 0 Å². The average Bonchev–Trinajstić information content (AvgIpc) is 2.84. The van der Waals surface area contributed by atoms with Crippen molar-refractivity contribution < 1.29 is 14.3 Å². The lowest BCUT2D eigenvalue weighted by Gasteiger charge is -2.16. The molecule has 0 saturated carbocycles. The number of hydrogen-bond donors (Lipinski definition) is 3. The first-order chi connectivity index (χ1) is 11.5. The third-order valence-electron chi connectivity index (χ3n) is 3.63. The minimum atomic E-state index is -0.883. The highest BCUT2D eigenvalue weighted by Gasteiger charge is 2.39. The summed E-state index contributed by atoms with van der Waals surface area (Å²) in [4.78, 5) is 52.7. The molecule has 3 N–H and O–H groups in total. The molecule has 1 saturated heterocycles. The molecule has 0 radical (unpaired) electrons. The molecule has 3 rings (SSSR count). The first-order valence-corrected chi connectivity index (χ1v) is 7.09. The highest BCUT2D eigenvalue weighted by Crippen LogP contribution is 2.26. The smallest absolute Gasteiger partial charge is 0.325 e. The van der Waals surface area contributed by atoms with Crippen molar-refractivity contribution in [2.24, 2.45) is 0 Å². The molecule has 0 spiro atoms. The van der Waals surface area contributed by atoms with Crippen LogP contribution in [0, 0.1) is 0 Å². The van der Waals surface area contributed by atoms with E-state index in [1.54, 1.807) is 24.3 Å². The second-order valence-corrected chi connectivity index (χ2v) is 5.15. The van der Waals surface area contributed by atoms with E-state index in [9.17, 15) is 19.2 Å². The highest BCUT2D eigenvalue weighted by molar-refractivity contribution is 6.23. The molecule has 124 valence electrons. The predicted octanol–water partition coefficient (Wildman–Crippen LogP) is -0.184. The van der Waals surface area contributed by atoms with Gasteiger partial charge in [-0.1, -0.05) is 0 Å². The zero-order valence-electron chi connectivity index (χ0n) is 12.7. The van der Waals surface area contributed by atoms with E-state index in [-0.39, 0.29) is 18.0 Å². The maximum absolute atomic E-state index is 12.5. The number of hydrogen-bond acceptors (Lipinski definition) is 6. The monoisotopic (exact) mass is 330 g/mol. The summed E-state index contributed by atoms with van der Waals surface area (Å²) in [6.07, 6.45) is 1.07. The largest absolute Gasteiger partial charge is 0.497 e. The van der Waals surface area contributed by atoms with E-state index < -0.39 is 23.2 Å². The maximum Gasteiger partial charge on any atom is 0.325 e. The van der Waals surface area contributed by atoms with Gasteiger partial charge in [-0.2, -0.15) is 0 Å². The van der Waals surface area contributed by atoms with Crippen LogP contribution in [0.1, 0.15) is 6.42 Å². The van der Waals surface area contributed by atoms with E-state index in [0.29, 0.717) is 11.4 Å². The molecule has 1 aromatic carbocycles. The summed E-state index contributed by atoms with van der Waals surface area (Å²) in [5.41, 5.74) is -0.885. The third kappa shape index (κ3) is 2.78. The third-order valence-corrected chi connectivity index (χ3v) is 3.63. The van der Waals surface area contributed by atoms with E-state index >= 15 is 0 Å². The van der Waals surface area contributed by atoms with Crippen LogP contribution in [-0.4, -0.2) is 34.9 Å². The van der Waals surface area contributed by atoms with E-state index in [2.05, 4.69) is 10.3 Å². The van der Waals surface area contributed by atoms with Gasteiger partial charge >= 0.3 is 5.69 Å². The van der Waals surface area contributed by atoms with Crippen LogP contribution in [0.15, 0.2) is 40.1 Å². The van der Waals surface area contributed by atoms with Gasteiger partial charge in [-0.3, -0.25) is 19.4 Å². The quantitative estimate of drug-likeness (QED) is 0.668. The number of carbonyl (C=O) groups excluding carboxylic acids is 2. The van der Waals surface area contributed by atoms with Crippen LogP contribution in [0.3, 0.4) is 0 Å². The van der Waals surface area contributed by atoms with Crippen LogP contribution >= 0.6 is 0 Å². The Bertz CT molecular complexity index is 899. The Labute approximate surface area is 135 Å². The molecule has 9 nitrogen and oxygen atoms in total. The van der Waals surface area contributed by atoms with Crippen molar-refractivity contribution in [1.82, 2.24) is 9.97 Å². The van der Waals surface area contributed by atoms with Crippen molar-refractivity contribution in [2.45, 2.75) is 12.5 Å². The van der Waals surface area contributed by atoms with E-state index in [1.807, 2.05) is 4.98 Å². The fraction of sp³-hybridized carbons (Fsp3) is 0.200. The number of amides is 2. The van der Waals surface area contributed by atoms with E-state index in [0.717, 1.165) is 11.1 Å². The number of methoxy groups -OCH3 is 1. The summed E-state index contributed by atoms with van der Waals surface area (Å²) < 4.78 is 5.04. The van der Waals surface area contributed by atoms with Crippen molar-refractivity contribution in [1.29, 1.82) is 0 Å². The lowest BCUT2D eigenvalue weighted by molar-refractivity contribution is -0.121. The number of nitrogens with zero attached hydrogens (tertiary/aromatic N) is 1. The summed E-state index contributed by atoms with van der Waals surface area (Å²) >= 11 is 0. The molecule has 0 bridgehead atoms. The standard InChI is InChI=1S/C15H14N4O5/c1-24-9-4-2-8(3-5-9)19-12(20)6-10(14(19)22)17-11-7-16-15(23)18-13(11)21/h2-5,7,10,17H,6H2,1H3,(H2,16,18,21,23)/t10-/m1/s1. The fourth-order valence-electron chi connectivity index (χ4n) is 2.45. The summed E-state index contributed by atoms with van der Waals surface area (Å²) in [7, 11) is 1.52. The van der Waals surface area contributed by atoms with Gasteiger partial charge in [-0.25, -0.2) is 9.69 Å². The van der Waals surface area contributed by atoms with Crippen molar-refractivity contribution in [3.8, 4) is 5.75 Å². The van der Waals surface area contributed by atoms with Gasteiger partial charge in [0.1, 0.15) is 17.5 Å². The van der Waals surface area contributed by atoms with Crippen LogP contribution in [0.2, 0.25) is 0 Å². The SMILES string of the molecule is COc1ccc(N2C(=O)C[C@@H](Nc3c[nH]c(=O)[nH]c3=O)C2=O)cc1. The molecular weight excluding hydrogens is 316 g/mol. The Morgan fingerprint density at radius 1 is 1.17 bits per heavy atom. The lowest BCUT2D eigenvalue weighted by atomic mass is 10.2. The zero-order valence-corrected chi connectivity index (χ0v) is 12.7. The van der Waals surface area contributed by atoms with Gasteiger partial charge in [0.25, 0.3) is 11.5 Å². The van der Waals surface area contributed by atoms with Crippen molar-refractivity contribution in [3.63, 3.8) is 0 Å². The minimum Gasteiger partial charge on any atom is -0.497 e. The van der Waals surface area contributed by atoms with Gasteiger partial charge in [0.2, 0.25) is 5.91 Å². The molecular formula is C15H14N4O5. The normalized spacial score (nSPS) is 17.2. The molecule has 0 unspecified atom stereocenters. The summed E-state index contributed by atoms with van der Waals surface area (Å²) in [5, 5.41) is 2.69. The number of benzene rings is 1. The highest BCUT2D eigenvalue weighted by atomic mass is 16.5. The number of ether oxygens (including phenoxy) is 1. The fourth-order valence-corrected chi connectivity index (χ4v) is 2.45. The van der Waals surface area contributed by atoms with Crippen molar-refractivity contribution in [3.05, 3.63) is 51.3 Å². The molecule has 2 heterocycles. The van der Waals surface area contributed by atoms with E-state index in [1.165, 1.54) is 7.11 Å². The van der Waals surface area contributed by atoms with Crippen LogP contribution in [0.25, 0.3) is 0 Å². The zero-order chi connectivity index (χ0) is 17.3. The minimum absolute atomic E-state index is 0.0114. The topological polar surface area (TPSA) is 124 Å². The molecule has 1 aromatic heterocycles. The van der Waals surface area contributed by atoms with Crippen LogP contribution in [0.4, 0.5) is 11.4 Å². The number of rotatable bonds is 4. The van der Waals surface area contributed by atoms with Gasteiger partial charge in [0, 0.05) is 6.20 Å². The summed E-state index contributed by atoms with van der Waals surface area (Å²) in [5.74, 6) is -0.258. The van der Waals surface area contributed by atoms with Crippen LogP contribution < -0.4 is 26.2 Å². The van der Waals surface area contributed by atoms with Gasteiger partial charge in [-0.05, 0) is 24.3 Å². The van der Waals surface area contributed by atoms with Crippen LogP contribution in [0.5, 0.6) is 5.75 Å². The second kappa shape index (κ2) is 6.03. The molecule has 1 aliphatic rings. The van der Waals surface area contributed by atoms with Gasteiger partial charge < -0.3 is 15.0 Å². The summed E-state index contributed by atoms with van der Waals surface area (Å²) in [6, 6.07) is 5.60. The Hall–Kier alpha value is -3.36. The molecule has 1 atom stereocenters. The number of carbonyl (C=O) groups is 2. The number of aromatic nitrogens is 2. The molecule has 9 heteroatoms. The number of H-pyrrole nitrogens is 2. The van der Waals surface area contributed by atoms with Crippen molar-refractivity contribution >= 4 is 23.2 Å². The number of aromatic amines is 2. The predicted molar refractivity (Wildman–Crippen MR) is 85.2 cm³/mol. The van der Waals surface area contributed by atoms with Crippen molar-refractivity contribution in [2.75, 3.05) is 17.3 Å². The molecule has 1 fully saturated rings. The van der Waals surface area contributed by atoms with Crippen LogP contribution in [-0.2, 0) is 9.59 Å². The first-order valence-electron chi connectivity index (χ1n) is 7.09. The Balaban J connectivity index is 1.83. The van der Waals surface area contributed by atoms with Gasteiger partial charge in [0.05, 0.1) is 19.2 Å². The molecule has 1 aliphatic heterocycles. The molecule has 2 amide bonds. The Morgan fingerprint density at radius 3 is 2.50 bits per heavy atom. The molecule has 2 aromatic rings. The number of anilines is 2. The molecule has 0 aliphatic carbocycles. The average molecular weight is 330 g/mol. The van der Waals surface area contributed by atoms with Gasteiger partial charge in [0.15, 0.2) is 0 Å². The second-order valence-electron chi connectivity index (χ2n) is 5.15. The maximum atomic E-state index is 12.5. The lowest BCUT2D eigenvalue weighted by Crippen LogP contribution is -2.36. The first kappa shape index (κ1) is 15.5. The Morgan fingerprint density at radius 2 is 1.88 bits per heavy atom. The summed E-state index contributed by atoms with van der Waals surface area (Å²) in [6.45, 7) is 0. The number of imide groups is 1. The molecule has 24 heavy (non-hydrogen) atoms. The Kier molecular flexibility index (Phi) is 3.90. The van der Waals surface area contributed by atoms with E-state index in [4.69, 9.17) is 4.74 Å².